The van der Waals surface area contributed by atoms with Gasteiger partial charge in [-0.25, -0.2) is 14.8 Å². The highest BCUT2D eigenvalue weighted by molar-refractivity contribution is 6.29. The molecule has 1 aromatic carbocycles. The van der Waals surface area contributed by atoms with Crippen molar-refractivity contribution >= 4 is 23.4 Å². The third-order valence-electron chi connectivity index (χ3n) is 3.10. The topological polar surface area (TPSA) is 64.1 Å². The molecule has 0 radical (unpaired) electrons. The summed E-state index contributed by atoms with van der Waals surface area (Å²) in [5, 5.41) is 3.45. The number of anilines is 1. The third kappa shape index (κ3) is 5.81. The van der Waals surface area contributed by atoms with Gasteiger partial charge in [0.2, 0.25) is 0 Å². The van der Waals surface area contributed by atoms with Crippen LogP contribution in [0.3, 0.4) is 0 Å². The van der Waals surface area contributed by atoms with Crippen molar-refractivity contribution in [2.45, 2.75) is 45.8 Å². The molecule has 0 bridgehead atoms. The Hall–Kier alpha value is -2.14. The number of aromatic nitrogens is 2. The molecule has 5 nitrogen and oxygen atoms in total. The summed E-state index contributed by atoms with van der Waals surface area (Å²) in [6, 6.07) is 10.8. The lowest BCUT2D eigenvalue weighted by Gasteiger charge is -2.25. The Morgan fingerprint density at radius 3 is 2.50 bits per heavy atom. The van der Waals surface area contributed by atoms with E-state index in [1.54, 1.807) is 13.0 Å². The zero-order valence-corrected chi connectivity index (χ0v) is 15.1. The second kappa shape index (κ2) is 7.62. The Morgan fingerprint density at radius 1 is 1.25 bits per heavy atom. The van der Waals surface area contributed by atoms with Crippen LogP contribution >= 0.6 is 11.6 Å². The number of esters is 1. The number of nitrogens with zero attached hydrogens (tertiary/aromatic N) is 2. The number of carbonyl (C=O) groups excluding carboxylic acids is 1. The fourth-order valence-corrected chi connectivity index (χ4v) is 2.43. The summed E-state index contributed by atoms with van der Waals surface area (Å²) in [4.78, 5) is 20.9. The van der Waals surface area contributed by atoms with Crippen LogP contribution in [0, 0.1) is 6.92 Å². The Balaban J connectivity index is 2.22. The summed E-state index contributed by atoms with van der Waals surface area (Å²) < 4.78 is 5.53. The van der Waals surface area contributed by atoms with Gasteiger partial charge in [0, 0.05) is 12.5 Å². The van der Waals surface area contributed by atoms with E-state index >= 15 is 0 Å². The van der Waals surface area contributed by atoms with E-state index in [1.165, 1.54) is 0 Å². The molecule has 0 saturated heterocycles. The number of carbonyl (C=O) groups is 1. The first kappa shape index (κ1) is 18.2. The van der Waals surface area contributed by atoms with Crippen molar-refractivity contribution in [3.8, 4) is 0 Å². The monoisotopic (exact) mass is 347 g/mol. The molecule has 0 aliphatic carbocycles. The van der Waals surface area contributed by atoms with Crippen LogP contribution in [0.5, 0.6) is 0 Å². The molecule has 0 spiro atoms. The standard InChI is InChI=1S/C18H22ClN3O2/c1-12-20-15(19)11-16(21-12)22-14(17(23)24-18(2,3)4)10-13-8-6-5-7-9-13/h5-9,11,14H,10H2,1-4H3,(H,20,21,22)/t14-/m1/s1. The van der Waals surface area contributed by atoms with Gasteiger partial charge in [0.05, 0.1) is 0 Å². The van der Waals surface area contributed by atoms with Crippen molar-refractivity contribution in [1.82, 2.24) is 9.97 Å². The van der Waals surface area contributed by atoms with Crippen LogP contribution < -0.4 is 5.32 Å². The minimum absolute atomic E-state index is 0.327. The van der Waals surface area contributed by atoms with Crippen LogP contribution in [0.4, 0.5) is 5.82 Å². The highest BCUT2D eigenvalue weighted by Gasteiger charge is 2.26. The Labute approximate surface area is 147 Å². The second-order valence-electron chi connectivity index (χ2n) is 6.54. The summed E-state index contributed by atoms with van der Waals surface area (Å²) in [6.45, 7) is 7.28. The number of hydrogen-bond donors (Lipinski definition) is 1. The van der Waals surface area contributed by atoms with Crippen molar-refractivity contribution in [1.29, 1.82) is 0 Å². The van der Waals surface area contributed by atoms with Crippen molar-refractivity contribution < 1.29 is 9.53 Å². The zero-order valence-electron chi connectivity index (χ0n) is 14.3. The summed E-state index contributed by atoms with van der Waals surface area (Å²) in [7, 11) is 0. The highest BCUT2D eigenvalue weighted by Crippen LogP contribution is 2.17. The second-order valence-corrected chi connectivity index (χ2v) is 6.93. The third-order valence-corrected chi connectivity index (χ3v) is 3.30. The molecule has 0 unspecified atom stereocenters. The van der Waals surface area contributed by atoms with Gasteiger partial charge in [-0.05, 0) is 33.3 Å². The van der Waals surface area contributed by atoms with Gasteiger partial charge >= 0.3 is 5.97 Å². The molecule has 24 heavy (non-hydrogen) atoms. The molecule has 1 atom stereocenters. The SMILES string of the molecule is Cc1nc(Cl)cc(N[C@H](Cc2ccccc2)C(=O)OC(C)(C)C)n1. The van der Waals surface area contributed by atoms with E-state index < -0.39 is 11.6 Å². The average Bonchev–Trinajstić information content (AvgIpc) is 2.45. The molecule has 128 valence electrons. The number of aryl methyl sites for hydroxylation is 1. The van der Waals surface area contributed by atoms with Crippen LogP contribution in [-0.4, -0.2) is 27.6 Å². The van der Waals surface area contributed by atoms with E-state index in [0.29, 0.717) is 23.2 Å². The molecule has 6 heteroatoms. The summed E-state index contributed by atoms with van der Waals surface area (Å²) >= 11 is 5.97. The number of rotatable bonds is 5. The molecule has 1 aromatic heterocycles. The molecule has 0 aliphatic rings. The largest absolute Gasteiger partial charge is 0.458 e. The average molecular weight is 348 g/mol. The Kier molecular flexibility index (Phi) is 5.78. The molecule has 0 aliphatic heterocycles. The number of nitrogens with one attached hydrogen (secondary N) is 1. The lowest BCUT2D eigenvalue weighted by molar-refractivity contribution is -0.155. The van der Waals surface area contributed by atoms with Gasteiger partial charge in [-0.1, -0.05) is 41.9 Å². The Bertz CT molecular complexity index is 679. The number of hydrogen-bond acceptors (Lipinski definition) is 5. The predicted octanol–water partition coefficient (Wildman–Crippen LogP) is 3.80. The molecular formula is C18H22ClN3O2. The van der Waals surface area contributed by atoms with Gasteiger partial charge in [-0.2, -0.15) is 0 Å². The first-order valence-corrected chi connectivity index (χ1v) is 8.15. The predicted molar refractivity (Wildman–Crippen MR) is 95.2 cm³/mol. The van der Waals surface area contributed by atoms with E-state index in [4.69, 9.17) is 16.3 Å². The van der Waals surface area contributed by atoms with Gasteiger partial charge in [0.25, 0.3) is 0 Å². The van der Waals surface area contributed by atoms with E-state index in [9.17, 15) is 4.79 Å². The van der Waals surface area contributed by atoms with Gasteiger partial charge in [-0.3, -0.25) is 0 Å². The fourth-order valence-electron chi connectivity index (χ4n) is 2.20. The number of ether oxygens (including phenoxy) is 1. The quantitative estimate of drug-likeness (QED) is 0.658. The molecule has 1 N–H and O–H groups in total. The first-order valence-electron chi connectivity index (χ1n) is 7.77. The van der Waals surface area contributed by atoms with E-state index in [-0.39, 0.29) is 5.97 Å². The molecule has 0 saturated carbocycles. The molecule has 0 fully saturated rings. The lowest BCUT2D eigenvalue weighted by Crippen LogP contribution is -2.38. The summed E-state index contributed by atoms with van der Waals surface area (Å²) in [5.74, 6) is 0.700. The summed E-state index contributed by atoms with van der Waals surface area (Å²) in [6.07, 6.45) is 0.483. The molecule has 1 heterocycles. The molecule has 0 amide bonds. The van der Waals surface area contributed by atoms with Crippen LogP contribution in [0.15, 0.2) is 36.4 Å². The van der Waals surface area contributed by atoms with E-state index in [0.717, 1.165) is 5.56 Å². The fraction of sp³-hybridized carbons (Fsp3) is 0.389. The van der Waals surface area contributed by atoms with Gasteiger partial charge in [0.15, 0.2) is 0 Å². The van der Waals surface area contributed by atoms with Crippen molar-refractivity contribution in [2.75, 3.05) is 5.32 Å². The first-order chi connectivity index (χ1) is 11.2. The lowest BCUT2D eigenvalue weighted by atomic mass is 10.1. The normalized spacial score (nSPS) is 12.5. The number of halogens is 1. The molecule has 2 aromatic rings. The van der Waals surface area contributed by atoms with Gasteiger partial charge in [0.1, 0.15) is 28.4 Å². The molecule has 2 rings (SSSR count). The van der Waals surface area contributed by atoms with Crippen molar-refractivity contribution in [3.05, 3.63) is 52.9 Å². The van der Waals surface area contributed by atoms with E-state index in [2.05, 4.69) is 15.3 Å². The van der Waals surface area contributed by atoms with Gasteiger partial charge in [-0.15, -0.1) is 0 Å². The molecular weight excluding hydrogens is 326 g/mol. The van der Waals surface area contributed by atoms with Crippen LogP contribution in [0.1, 0.15) is 32.2 Å². The highest BCUT2D eigenvalue weighted by atomic mass is 35.5. The van der Waals surface area contributed by atoms with Crippen LogP contribution in [0.25, 0.3) is 0 Å². The Morgan fingerprint density at radius 2 is 1.92 bits per heavy atom. The maximum absolute atomic E-state index is 12.6. The maximum Gasteiger partial charge on any atom is 0.329 e. The van der Waals surface area contributed by atoms with Crippen LogP contribution in [-0.2, 0) is 16.0 Å². The minimum atomic E-state index is -0.572. The van der Waals surface area contributed by atoms with E-state index in [1.807, 2.05) is 51.1 Å². The smallest absolute Gasteiger partial charge is 0.329 e. The van der Waals surface area contributed by atoms with Crippen LogP contribution in [0.2, 0.25) is 5.15 Å². The summed E-state index contributed by atoms with van der Waals surface area (Å²) in [5.41, 5.74) is 0.463. The van der Waals surface area contributed by atoms with Gasteiger partial charge < -0.3 is 10.1 Å². The zero-order chi connectivity index (χ0) is 17.7. The number of benzene rings is 1. The maximum atomic E-state index is 12.6. The van der Waals surface area contributed by atoms with Crippen molar-refractivity contribution in [2.24, 2.45) is 0 Å². The minimum Gasteiger partial charge on any atom is -0.458 e. The van der Waals surface area contributed by atoms with Crippen molar-refractivity contribution in [3.63, 3.8) is 0 Å².